The molecule has 13 heteroatoms. The van der Waals surface area contributed by atoms with Gasteiger partial charge in [-0.3, -0.25) is 24.0 Å². The number of nitrogens with one attached hydrogen (secondary N) is 4. The molecule has 6 amide bonds. The molecule has 1 aliphatic rings. The Hall–Kier alpha value is -5.07. The molecule has 1 atom stereocenters. The van der Waals surface area contributed by atoms with Crippen molar-refractivity contribution in [2.45, 2.75) is 99.6 Å². The van der Waals surface area contributed by atoms with E-state index >= 15 is 0 Å². The topological polar surface area (TPSA) is 174 Å². The number of amides is 6. The molecule has 0 bridgehead atoms. The lowest BCUT2D eigenvalue weighted by Gasteiger charge is -2.34. The zero-order valence-corrected chi connectivity index (χ0v) is 31.6. The highest BCUT2D eigenvalue weighted by molar-refractivity contribution is 6.00. The number of urea groups is 1. The molecule has 2 aromatic carbocycles. The summed E-state index contributed by atoms with van der Waals surface area (Å²) in [5.74, 6) is -2.03. The largest absolute Gasteiger partial charge is 0.347 e. The van der Waals surface area contributed by atoms with Gasteiger partial charge in [0.1, 0.15) is 18.6 Å². The van der Waals surface area contributed by atoms with E-state index in [1.54, 1.807) is 49.1 Å². The van der Waals surface area contributed by atoms with Gasteiger partial charge < -0.3 is 35.9 Å². The number of benzene rings is 2. The molecule has 3 rings (SSSR count). The number of aryl methyl sites for hydroxylation is 1. The first kappa shape index (κ1) is 45.9. The molecule has 1 heterocycles. The number of nitrogens with zero attached hydrogens (tertiary/aromatic N) is 2. The van der Waals surface area contributed by atoms with Crippen LogP contribution in [0.15, 0.2) is 48.5 Å². The molecule has 4 N–H and O–H groups in total. The third kappa shape index (κ3) is 17.4. The van der Waals surface area contributed by atoms with E-state index in [0.717, 1.165) is 18.4 Å². The number of Topliss-reactive ketones (excluding diaryl/α,β-unsaturated/α-hetero) is 1. The van der Waals surface area contributed by atoms with Crippen molar-refractivity contribution in [3.63, 3.8) is 0 Å². The lowest BCUT2D eigenvalue weighted by molar-refractivity contribution is -0.144. The molecule has 51 heavy (non-hydrogen) atoms. The summed E-state index contributed by atoms with van der Waals surface area (Å²) in [6.45, 7) is 17.6. The first-order valence-corrected chi connectivity index (χ1v) is 17.5. The fraction of sp³-hybridized carbons (Fsp3) is 0.500. The quantitative estimate of drug-likeness (QED) is 0.229. The van der Waals surface area contributed by atoms with Crippen LogP contribution in [0.1, 0.15) is 85.3 Å². The van der Waals surface area contributed by atoms with Gasteiger partial charge in [0.25, 0.3) is 0 Å². The molecule has 0 saturated carbocycles. The van der Waals surface area contributed by atoms with Gasteiger partial charge in [-0.2, -0.15) is 0 Å². The van der Waals surface area contributed by atoms with Crippen molar-refractivity contribution < 1.29 is 33.6 Å². The Bertz CT molecular complexity index is 1390. The van der Waals surface area contributed by atoms with Gasteiger partial charge in [0, 0.05) is 36.9 Å². The van der Waals surface area contributed by atoms with Gasteiger partial charge in [-0.15, -0.1) is 0 Å². The second-order valence-electron chi connectivity index (χ2n) is 11.9. The highest BCUT2D eigenvalue weighted by Gasteiger charge is 2.33. The summed E-state index contributed by atoms with van der Waals surface area (Å²) in [6, 6.07) is 12.2. The number of carbonyl (C=O) groups is 7. The molecule has 0 aromatic heterocycles. The molecule has 1 fully saturated rings. The van der Waals surface area contributed by atoms with E-state index in [-0.39, 0.29) is 37.6 Å². The second-order valence-corrected chi connectivity index (χ2v) is 11.9. The van der Waals surface area contributed by atoms with Crippen LogP contribution in [0.5, 0.6) is 0 Å². The summed E-state index contributed by atoms with van der Waals surface area (Å²) >= 11 is 0. The lowest BCUT2D eigenvalue weighted by atomic mass is 10.1. The normalized spacial score (nSPS) is 11.9. The highest BCUT2D eigenvalue weighted by Crippen LogP contribution is 2.16. The van der Waals surface area contributed by atoms with E-state index in [1.807, 2.05) is 45.8 Å². The summed E-state index contributed by atoms with van der Waals surface area (Å²) < 4.78 is 0. The van der Waals surface area contributed by atoms with E-state index in [4.69, 9.17) is 4.79 Å². The molecular formula is C38H58N6O7. The van der Waals surface area contributed by atoms with Gasteiger partial charge in [0.05, 0.1) is 19.5 Å². The minimum Gasteiger partial charge on any atom is -0.347 e. The van der Waals surface area contributed by atoms with Crippen LogP contribution >= 0.6 is 0 Å². The van der Waals surface area contributed by atoms with Gasteiger partial charge in [-0.1, -0.05) is 64.4 Å². The van der Waals surface area contributed by atoms with E-state index in [2.05, 4.69) is 35.1 Å². The Balaban J connectivity index is 0.00000333. The number of rotatable bonds is 13. The van der Waals surface area contributed by atoms with Crippen LogP contribution in [-0.2, 0) is 35.2 Å². The van der Waals surface area contributed by atoms with Crippen LogP contribution in [0.4, 0.5) is 16.2 Å². The van der Waals surface area contributed by atoms with Crippen molar-refractivity contribution in [2.75, 3.05) is 36.8 Å². The molecule has 1 aliphatic heterocycles. The second kappa shape index (κ2) is 25.8. The molecule has 1 saturated heterocycles. The number of anilines is 2. The Kier molecular flexibility index (Phi) is 23.3. The smallest absolute Gasteiger partial charge is 0.323 e. The van der Waals surface area contributed by atoms with Crippen molar-refractivity contribution >= 4 is 53.6 Å². The minimum absolute atomic E-state index is 0.0133. The average molecular weight is 711 g/mol. The maximum Gasteiger partial charge on any atom is 0.323 e. The van der Waals surface area contributed by atoms with Crippen molar-refractivity contribution in [3.8, 4) is 0 Å². The standard InChI is InChI=1S/C32H42N6O6.C3H8.C2H6.CH2O/c1-21(2)38(27(17-23(4)39)31(43)34-19-29(41)37-15-7-8-16-37)30(42)20-33-28(40)18-24-11-13-25(14-12-24)35-32(44)36-26-10-6-5-9-22(26)3;1-3-2;2*1-2/h5-6,9-14,21,27H,7-8,15-20H2,1-4H3,(H,33,40)(H,34,43)(H2,35,36,44);3H2,1-2H3;1-2H3;1H2. The fourth-order valence-electron chi connectivity index (χ4n) is 4.99. The van der Waals surface area contributed by atoms with E-state index in [9.17, 15) is 28.8 Å². The van der Waals surface area contributed by atoms with E-state index < -0.39 is 35.8 Å². The van der Waals surface area contributed by atoms with Crippen molar-refractivity contribution in [2.24, 2.45) is 0 Å². The zero-order chi connectivity index (χ0) is 38.9. The first-order chi connectivity index (χ1) is 24.4. The fourth-order valence-corrected chi connectivity index (χ4v) is 4.99. The van der Waals surface area contributed by atoms with E-state index in [0.29, 0.717) is 30.0 Å². The van der Waals surface area contributed by atoms with Crippen LogP contribution < -0.4 is 21.3 Å². The van der Waals surface area contributed by atoms with Crippen LogP contribution in [0.2, 0.25) is 0 Å². The molecule has 0 spiro atoms. The SMILES string of the molecule is C=O.CC.CC(=O)CC(C(=O)NCC(=O)N1CCCC1)N(C(=O)CNC(=O)Cc1ccc(NC(=O)Nc2ccccc2C)cc1)C(C)C.CCC. The Morgan fingerprint density at radius 3 is 1.94 bits per heavy atom. The van der Waals surface area contributed by atoms with Gasteiger partial charge in [-0.25, -0.2) is 4.79 Å². The number of likely N-dealkylation sites (tertiary alicyclic amines) is 1. The molecule has 0 radical (unpaired) electrons. The van der Waals surface area contributed by atoms with Gasteiger partial charge in [0.2, 0.25) is 23.6 Å². The zero-order valence-electron chi connectivity index (χ0n) is 31.6. The third-order valence-corrected chi connectivity index (χ3v) is 7.24. The number of hydrogen-bond donors (Lipinski definition) is 4. The molecule has 1 unspecified atom stereocenters. The summed E-state index contributed by atoms with van der Waals surface area (Å²) in [5.41, 5.74) is 2.84. The third-order valence-electron chi connectivity index (χ3n) is 7.24. The number of carbonyl (C=O) groups excluding carboxylic acids is 7. The van der Waals surface area contributed by atoms with Crippen molar-refractivity contribution in [1.82, 2.24) is 20.4 Å². The predicted molar refractivity (Wildman–Crippen MR) is 201 cm³/mol. The predicted octanol–water partition coefficient (Wildman–Crippen LogP) is 4.88. The summed E-state index contributed by atoms with van der Waals surface area (Å²) in [7, 11) is 0. The lowest BCUT2D eigenvalue weighted by Crippen LogP contribution is -2.56. The van der Waals surface area contributed by atoms with Crippen LogP contribution in [0, 0.1) is 6.92 Å². The summed E-state index contributed by atoms with van der Waals surface area (Å²) in [6.07, 6.45) is 2.86. The molecule has 0 aliphatic carbocycles. The first-order valence-electron chi connectivity index (χ1n) is 17.5. The van der Waals surface area contributed by atoms with Crippen molar-refractivity contribution in [1.29, 1.82) is 0 Å². The number of ketones is 1. The highest BCUT2D eigenvalue weighted by atomic mass is 16.2. The Labute approximate surface area is 303 Å². The monoisotopic (exact) mass is 710 g/mol. The Morgan fingerprint density at radius 2 is 1.41 bits per heavy atom. The summed E-state index contributed by atoms with van der Waals surface area (Å²) in [4.78, 5) is 86.7. The maximum absolute atomic E-state index is 13.2. The molecule has 282 valence electrons. The van der Waals surface area contributed by atoms with Gasteiger partial charge in [0.15, 0.2) is 0 Å². The van der Waals surface area contributed by atoms with Gasteiger partial charge in [-0.05, 0) is 69.9 Å². The summed E-state index contributed by atoms with van der Waals surface area (Å²) in [5, 5.41) is 10.7. The van der Waals surface area contributed by atoms with Crippen molar-refractivity contribution in [3.05, 3.63) is 59.7 Å². The van der Waals surface area contributed by atoms with E-state index in [1.165, 1.54) is 18.2 Å². The van der Waals surface area contributed by atoms with Crippen LogP contribution in [0.3, 0.4) is 0 Å². The van der Waals surface area contributed by atoms with Gasteiger partial charge >= 0.3 is 6.03 Å². The van der Waals surface area contributed by atoms with Crippen LogP contribution in [-0.4, -0.2) is 90.3 Å². The number of hydrogen-bond acceptors (Lipinski definition) is 7. The minimum atomic E-state index is -1.12. The number of para-hydroxylation sites is 1. The maximum atomic E-state index is 13.2. The molecular weight excluding hydrogens is 652 g/mol. The Morgan fingerprint density at radius 1 is 0.843 bits per heavy atom. The van der Waals surface area contributed by atoms with Crippen LogP contribution in [0.25, 0.3) is 0 Å². The molecule has 2 aromatic rings. The average Bonchev–Trinajstić information content (AvgIpc) is 3.65. The molecule has 13 nitrogen and oxygen atoms in total.